The predicted octanol–water partition coefficient (Wildman–Crippen LogP) is 4.12. The molecule has 0 amide bonds. The summed E-state index contributed by atoms with van der Waals surface area (Å²) in [6.45, 7) is 8.82. The second-order valence-corrected chi connectivity index (χ2v) is 7.51. The molecule has 2 rings (SSSR count). The normalized spacial score (nSPS) is 15.6. The Labute approximate surface area is 174 Å². The number of nitrogens with zero attached hydrogens (tertiary/aromatic N) is 2. The smallest absolute Gasteiger partial charge is 0.191 e. The van der Waals surface area contributed by atoms with Crippen LogP contribution in [0.5, 0.6) is 0 Å². The van der Waals surface area contributed by atoms with Gasteiger partial charge in [0.25, 0.3) is 0 Å². The summed E-state index contributed by atoms with van der Waals surface area (Å²) in [7, 11) is 0. The van der Waals surface area contributed by atoms with E-state index in [1.54, 1.807) is 0 Å². The molecule has 0 aromatic carbocycles. The van der Waals surface area contributed by atoms with E-state index in [1.165, 1.54) is 63.0 Å². The van der Waals surface area contributed by atoms with E-state index in [4.69, 9.17) is 4.99 Å². The lowest BCUT2D eigenvalue weighted by atomic mass is 10.1. The van der Waals surface area contributed by atoms with Crippen LogP contribution in [-0.2, 0) is 6.42 Å². The van der Waals surface area contributed by atoms with Crippen molar-refractivity contribution in [3.05, 3.63) is 22.4 Å². The molecule has 6 heteroatoms. The molecule has 2 heterocycles. The summed E-state index contributed by atoms with van der Waals surface area (Å²) in [4.78, 5) is 8.76. The van der Waals surface area contributed by atoms with E-state index in [2.05, 4.69) is 40.0 Å². The second kappa shape index (κ2) is 14.8. The molecule has 1 aromatic heterocycles. The van der Waals surface area contributed by atoms with Gasteiger partial charge in [-0.05, 0) is 70.1 Å². The molecule has 0 radical (unpaired) electrons. The van der Waals surface area contributed by atoms with Gasteiger partial charge in [-0.2, -0.15) is 0 Å². The molecule has 0 spiro atoms. The SMILES string of the molecule is CCNC(=NCCCCCN1CCCCC1)NCCc1cccs1.I. The molecule has 1 saturated heterocycles. The summed E-state index contributed by atoms with van der Waals surface area (Å²) in [5.74, 6) is 0.963. The van der Waals surface area contributed by atoms with E-state index >= 15 is 0 Å². The minimum Gasteiger partial charge on any atom is -0.357 e. The van der Waals surface area contributed by atoms with Crippen LogP contribution < -0.4 is 10.6 Å². The number of guanidine groups is 1. The zero-order valence-electron chi connectivity index (χ0n) is 15.6. The van der Waals surface area contributed by atoms with Crippen LogP contribution in [0.3, 0.4) is 0 Å². The average molecular weight is 478 g/mol. The molecule has 0 aliphatic carbocycles. The Morgan fingerprint density at radius 3 is 2.72 bits per heavy atom. The molecule has 1 fully saturated rings. The molecule has 25 heavy (non-hydrogen) atoms. The maximum absolute atomic E-state index is 4.70. The molecule has 144 valence electrons. The Morgan fingerprint density at radius 1 is 1.16 bits per heavy atom. The first-order valence-electron chi connectivity index (χ1n) is 9.65. The van der Waals surface area contributed by atoms with Crippen LogP contribution in [-0.4, -0.2) is 50.1 Å². The number of hydrogen-bond donors (Lipinski definition) is 2. The first-order valence-corrected chi connectivity index (χ1v) is 10.5. The van der Waals surface area contributed by atoms with Gasteiger partial charge in [0.1, 0.15) is 0 Å². The average Bonchev–Trinajstić information content (AvgIpc) is 3.12. The highest BCUT2D eigenvalue weighted by Gasteiger charge is 2.08. The zero-order valence-corrected chi connectivity index (χ0v) is 18.8. The van der Waals surface area contributed by atoms with Gasteiger partial charge in [-0.1, -0.05) is 18.9 Å². The van der Waals surface area contributed by atoms with Crippen LogP contribution in [0.15, 0.2) is 22.5 Å². The van der Waals surface area contributed by atoms with Gasteiger partial charge in [0.2, 0.25) is 0 Å². The number of hydrogen-bond acceptors (Lipinski definition) is 3. The van der Waals surface area contributed by atoms with Gasteiger partial charge in [-0.25, -0.2) is 0 Å². The number of aliphatic imine (C=N–C) groups is 1. The quantitative estimate of drug-likeness (QED) is 0.230. The Balaban J connectivity index is 0.00000312. The fourth-order valence-corrected chi connectivity index (χ4v) is 3.81. The van der Waals surface area contributed by atoms with Crippen LogP contribution >= 0.6 is 35.3 Å². The predicted molar refractivity (Wildman–Crippen MR) is 122 cm³/mol. The summed E-state index contributed by atoms with van der Waals surface area (Å²) in [6.07, 6.45) is 9.08. The molecular formula is C19H35IN4S. The van der Waals surface area contributed by atoms with Crippen molar-refractivity contribution in [3.63, 3.8) is 0 Å². The molecule has 1 aromatic rings. The van der Waals surface area contributed by atoms with Crippen molar-refractivity contribution in [3.8, 4) is 0 Å². The molecular weight excluding hydrogens is 443 g/mol. The highest BCUT2D eigenvalue weighted by atomic mass is 127. The zero-order chi connectivity index (χ0) is 16.9. The van der Waals surface area contributed by atoms with Gasteiger partial charge in [-0.15, -0.1) is 35.3 Å². The summed E-state index contributed by atoms with van der Waals surface area (Å²) in [6, 6.07) is 4.31. The highest BCUT2D eigenvalue weighted by molar-refractivity contribution is 14.0. The molecule has 0 atom stereocenters. The second-order valence-electron chi connectivity index (χ2n) is 6.48. The van der Waals surface area contributed by atoms with Crippen molar-refractivity contribution in [1.29, 1.82) is 0 Å². The number of thiophene rings is 1. The summed E-state index contributed by atoms with van der Waals surface area (Å²) in [5.41, 5.74) is 0. The van der Waals surface area contributed by atoms with Crippen molar-refractivity contribution in [2.45, 2.75) is 51.9 Å². The molecule has 2 N–H and O–H groups in total. The number of likely N-dealkylation sites (tertiary alicyclic amines) is 1. The summed E-state index contributed by atoms with van der Waals surface area (Å²) >= 11 is 1.82. The summed E-state index contributed by atoms with van der Waals surface area (Å²) < 4.78 is 0. The van der Waals surface area contributed by atoms with E-state index < -0.39 is 0 Å². The van der Waals surface area contributed by atoms with Gasteiger partial charge in [0, 0.05) is 24.5 Å². The third-order valence-corrected chi connectivity index (χ3v) is 5.38. The van der Waals surface area contributed by atoms with Gasteiger partial charge in [-0.3, -0.25) is 4.99 Å². The van der Waals surface area contributed by atoms with E-state index in [0.29, 0.717) is 0 Å². The summed E-state index contributed by atoms with van der Waals surface area (Å²) in [5, 5.41) is 8.92. The van der Waals surface area contributed by atoms with Gasteiger partial charge in [0.15, 0.2) is 5.96 Å². The first-order chi connectivity index (χ1) is 11.9. The van der Waals surface area contributed by atoms with Gasteiger partial charge in [0.05, 0.1) is 0 Å². The van der Waals surface area contributed by atoms with Gasteiger partial charge >= 0.3 is 0 Å². The number of nitrogens with one attached hydrogen (secondary N) is 2. The van der Waals surface area contributed by atoms with Crippen LogP contribution in [0.1, 0.15) is 50.3 Å². The minimum absolute atomic E-state index is 0. The fourth-order valence-electron chi connectivity index (χ4n) is 3.10. The highest BCUT2D eigenvalue weighted by Crippen LogP contribution is 2.10. The third-order valence-electron chi connectivity index (χ3n) is 4.44. The van der Waals surface area contributed by atoms with E-state index in [9.17, 15) is 0 Å². The number of unbranched alkanes of at least 4 members (excludes halogenated alkanes) is 2. The Morgan fingerprint density at radius 2 is 2.00 bits per heavy atom. The Bertz CT molecular complexity index is 444. The first kappa shape index (κ1) is 22.7. The third kappa shape index (κ3) is 10.4. The van der Waals surface area contributed by atoms with Crippen molar-refractivity contribution < 1.29 is 0 Å². The van der Waals surface area contributed by atoms with E-state index in [1.807, 2.05) is 11.3 Å². The fraction of sp³-hybridized carbons (Fsp3) is 0.737. The number of halogens is 1. The Kier molecular flexibility index (Phi) is 13.4. The lowest BCUT2D eigenvalue weighted by molar-refractivity contribution is 0.224. The van der Waals surface area contributed by atoms with Crippen molar-refractivity contribution >= 4 is 41.3 Å². The standard InChI is InChI=1S/C19H34N4S.HI/c1-2-20-19(22-13-11-18-10-9-17-24-18)21-12-5-3-6-14-23-15-7-4-8-16-23;/h9-10,17H,2-8,11-16H2,1H3,(H2,20,21,22);1H. The molecule has 1 aliphatic rings. The van der Waals surface area contributed by atoms with Crippen LogP contribution in [0, 0.1) is 0 Å². The monoisotopic (exact) mass is 478 g/mol. The van der Waals surface area contributed by atoms with Crippen LogP contribution in [0.2, 0.25) is 0 Å². The largest absolute Gasteiger partial charge is 0.357 e. The Hall–Kier alpha value is -0.340. The number of rotatable bonds is 10. The molecule has 4 nitrogen and oxygen atoms in total. The number of piperidine rings is 1. The topological polar surface area (TPSA) is 39.7 Å². The van der Waals surface area contributed by atoms with Crippen molar-refractivity contribution in [1.82, 2.24) is 15.5 Å². The molecule has 1 aliphatic heterocycles. The molecule has 0 saturated carbocycles. The maximum atomic E-state index is 4.70. The maximum Gasteiger partial charge on any atom is 0.191 e. The lowest BCUT2D eigenvalue weighted by Crippen LogP contribution is -2.38. The van der Waals surface area contributed by atoms with Crippen LogP contribution in [0.4, 0.5) is 0 Å². The van der Waals surface area contributed by atoms with Crippen molar-refractivity contribution in [2.24, 2.45) is 4.99 Å². The van der Waals surface area contributed by atoms with E-state index in [-0.39, 0.29) is 24.0 Å². The minimum atomic E-state index is 0. The van der Waals surface area contributed by atoms with E-state index in [0.717, 1.165) is 32.0 Å². The van der Waals surface area contributed by atoms with Crippen molar-refractivity contribution in [2.75, 3.05) is 39.3 Å². The molecule has 0 bridgehead atoms. The van der Waals surface area contributed by atoms with Crippen LogP contribution in [0.25, 0.3) is 0 Å². The van der Waals surface area contributed by atoms with Gasteiger partial charge < -0.3 is 15.5 Å². The lowest BCUT2D eigenvalue weighted by Gasteiger charge is -2.26. The molecule has 0 unspecified atom stereocenters.